The second-order valence-corrected chi connectivity index (χ2v) is 8.52. The van der Waals surface area contributed by atoms with E-state index in [0.29, 0.717) is 16.3 Å². The number of aliphatic hydroxyl groups is 1. The van der Waals surface area contributed by atoms with Crippen molar-refractivity contribution in [1.29, 1.82) is 0 Å². The molecular weight excluding hydrogens is 420 g/mol. The van der Waals surface area contributed by atoms with Gasteiger partial charge in [-0.05, 0) is 47.8 Å². The fraction of sp³-hybridized carbons (Fsp3) is 0.130. The molecule has 0 aliphatic carbocycles. The smallest absolute Gasteiger partial charge is 0.300 e. The zero-order valence-electron chi connectivity index (χ0n) is 16.4. The van der Waals surface area contributed by atoms with Crippen LogP contribution in [0.15, 0.2) is 71.6 Å². The van der Waals surface area contributed by atoms with Gasteiger partial charge >= 0.3 is 0 Å². The first kappa shape index (κ1) is 20.2. The van der Waals surface area contributed by atoms with Crippen molar-refractivity contribution < 1.29 is 14.7 Å². The quantitative estimate of drug-likeness (QED) is 0.350. The van der Waals surface area contributed by atoms with Crippen LogP contribution in [0.4, 0.5) is 11.4 Å². The third-order valence-electron chi connectivity index (χ3n) is 5.00. The Labute approximate surface area is 183 Å². The highest BCUT2D eigenvalue weighted by Gasteiger charge is 2.47. The molecule has 0 spiro atoms. The van der Waals surface area contributed by atoms with Crippen LogP contribution >= 0.6 is 22.9 Å². The van der Waals surface area contributed by atoms with Crippen molar-refractivity contribution in [3.8, 4) is 0 Å². The number of nitrogens with zero attached hydrogens (tertiary/aromatic N) is 2. The van der Waals surface area contributed by atoms with E-state index in [1.165, 1.54) is 16.2 Å². The van der Waals surface area contributed by atoms with Crippen molar-refractivity contribution in [2.45, 2.75) is 6.04 Å². The zero-order valence-corrected chi connectivity index (χ0v) is 17.9. The Balaban J connectivity index is 1.88. The largest absolute Gasteiger partial charge is 0.507 e. The van der Waals surface area contributed by atoms with Gasteiger partial charge in [-0.3, -0.25) is 14.5 Å². The summed E-state index contributed by atoms with van der Waals surface area (Å²) in [5.41, 5.74) is 2.01. The van der Waals surface area contributed by atoms with Gasteiger partial charge in [-0.25, -0.2) is 0 Å². The number of Topliss-reactive ketones (excluding diaryl/α,β-unsaturated/α-hetero) is 1. The minimum absolute atomic E-state index is 0.0569. The molecule has 1 amide bonds. The van der Waals surface area contributed by atoms with Gasteiger partial charge in [0.25, 0.3) is 11.7 Å². The van der Waals surface area contributed by atoms with Gasteiger partial charge in [-0.15, -0.1) is 11.3 Å². The van der Waals surface area contributed by atoms with Crippen LogP contribution in [-0.4, -0.2) is 30.9 Å². The van der Waals surface area contributed by atoms with Gasteiger partial charge in [0.05, 0.1) is 5.57 Å². The Morgan fingerprint density at radius 3 is 2.40 bits per heavy atom. The molecule has 0 saturated carbocycles. The van der Waals surface area contributed by atoms with E-state index in [0.717, 1.165) is 10.6 Å². The van der Waals surface area contributed by atoms with Gasteiger partial charge in [0, 0.05) is 40.9 Å². The number of halogens is 1. The van der Waals surface area contributed by atoms with E-state index in [1.807, 2.05) is 48.6 Å². The van der Waals surface area contributed by atoms with Gasteiger partial charge in [-0.2, -0.15) is 0 Å². The summed E-state index contributed by atoms with van der Waals surface area (Å²) in [4.78, 5) is 30.3. The molecule has 2 aromatic carbocycles. The fourth-order valence-corrected chi connectivity index (χ4v) is 4.53. The Morgan fingerprint density at radius 2 is 1.80 bits per heavy atom. The summed E-state index contributed by atoms with van der Waals surface area (Å²) in [6.07, 6.45) is 0. The summed E-state index contributed by atoms with van der Waals surface area (Å²) in [6.45, 7) is 0. The molecule has 1 aliphatic rings. The minimum Gasteiger partial charge on any atom is -0.507 e. The number of thiophene rings is 1. The van der Waals surface area contributed by atoms with Crippen LogP contribution in [0.3, 0.4) is 0 Å². The summed E-state index contributed by atoms with van der Waals surface area (Å²) >= 11 is 7.49. The number of ketones is 1. The van der Waals surface area contributed by atoms with Crippen LogP contribution in [0.1, 0.15) is 16.5 Å². The number of aliphatic hydroxyl groups excluding tert-OH is 1. The van der Waals surface area contributed by atoms with Crippen molar-refractivity contribution in [2.75, 3.05) is 23.9 Å². The molecule has 3 aromatic rings. The van der Waals surface area contributed by atoms with E-state index in [1.54, 1.807) is 36.4 Å². The number of hydrogen-bond donors (Lipinski definition) is 1. The second-order valence-electron chi connectivity index (χ2n) is 7.11. The van der Waals surface area contributed by atoms with Gasteiger partial charge in [0.15, 0.2) is 0 Å². The van der Waals surface area contributed by atoms with Gasteiger partial charge in [0.2, 0.25) is 0 Å². The van der Waals surface area contributed by atoms with Crippen LogP contribution in [-0.2, 0) is 9.59 Å². The maximum Gasteiger partial charge on any atom is 0.300 e. The molecule has 4 rings (SSSR count). The molecule has 1 unspecified atom stereocenters. The first-order chi connectivity index (χ1) is 14.4. The monoisotopic (exact) mass is 438 g/mol. The third-order valence-corrected chi connectivity index (χ3v) is 6.16. The predicted octanol–water partition coefficient (Wildman–Crippen LogP) is 5.09. The molecule has 1 fully saturated rings. The molecule has 30 heavy (non-hydrogen) atoms. The number of carbonyl (C=O) groups excluding carboxylic acids is 2. The van der Waals surface area contributed by atoms with E-state index in [9.17, 15) is 14.7 Å². The molecule has 1 aliphatic heterocycles. The molecule has 152 valence electrons. The highest BCUT2D eigenvalue weighted by Crippen LogP contribution is 2.43. The van der Waals surface area contributed by atoms with Gasteiger partial charge < -0.3 is 10.0 Å². The standard InChI is InChI=1S/C23H19ClN2O3S/c1-25(2)16-8-10-17(11-9-16)26-20(18-7-4-12-30-18)19(22(28)23(26)29)21(27)14-5-3-6-15(24)13-14/h3-13,20,27H,1-2H3/b21-19-. The maximum atomic E-state index is 13.0. The summed E-state index contributed by atoms with van der Waals surface area (Å²) in [7, 11) is 3.86. The predicted molar refractivity (Wildman–Crippen MR) is 121 cm³/mol. The lowest BCUT2D eigenvalue weighted by molar-refractivity contribution is -0.132. The molecule has 2 heterocycles. The topological polar surface area (TPSA) is 60.9 Å². The van der Waals surface area contributed by atoms with E-state index in [-0.39, 0.29) is 11.3 Å². The molecule has 7 heteroatoms. The van der Waals surface area contributed by atoms with E-state index in [2.05, 4.69) is 0 Å². The Kier molecular flexibility index (Phi) is 5.37. The molecule has 1 atom stereocenters. The lowest BCUT2D eigenvalue weighted by Gasteiger charge is -2.25. The molecule has 1 N–H and O–H groups in total. The normalized spacial score (nSPS) is 18.1. The minimum atomic E-state index is -0.720. The lowest BCUT2D eigenvalue weighted by atomic mass is 9.99. The number of amides is 1. The van der Waals surface area contributed by atoms with Crippen molar-refractivity contribution in [2.24, 2.45) is 0 Å². The molecular formula is C23H19ClN2O3S. The summed E-state index contributed by atoms with van der Waals surface area (Å²) < 4.78 is 0. The van der Waals surface area contributed by atoms with Crippen LogP contribution in [0.25, 0.3) is 5.76 Å². The second kappa shape index (κ2) is 7.97. The van der Waals surface area contributed by atoms with E-state index < -0.39 is 17.7 Å². The number of carbonyl (C=O) groups is 2. The average Bonchev–Trinajstić information content (AvgIpc) is 3.35. The van der Waals surface area contributed by atoms with Crippen molar-refractivity contribution in [1.82, 2.24) is 0 Å². The first-order valence-corrected chi connectivity index (χ1v) is 10.5. The summed E-state index contributed by atoms with van der Waals surface area (Å²) in [5.74, 6) is -1.63. The average molecular weight is 439 g/mol. The molecule has 0 bridgehead atoms. The number of hydrogen-bond acceptors (Lipinski definition) is 5. The SMILES string of the molecule is CN(C)c1ccc(N2C(=O)C(=O)/C(=C(\O)c3cccc(Cl)c3)C2c2cccs2)cc1. The third kappa shape index (κ3) is 3.49. The van der Waals surface area contributed by atoms with Crippen LogP contribution in [0.5, 0.6) is 0 Å². The zero-order chi connectivity index (χ0) is 21.4. The highest BCUT2D eigenvalue weighted by atomic mass is 35.5. The highest BCUT2D eigenvalue weighted by molar-refractivity contribution is 7.10. The van der Waals surface area contributed by atoms with E-state index >= 15 is 0 Å². The molecule has 5 nitrogen and oxygen atoms in total. The number of benzene rings is 2. The number of rotatable bonds is 4. The summed E-state index contributed by atoms with van der Waals surface area (Å²) in [6, 6.07) is 17.0. The summed E-state index contributed by atoms with van der Waals surface area (Å²) in [5, 5.41) is 13.3. The molecule has 1 aromatic heterocycles. The lowest BCUT2D eigenvalue weighted by Crippen LogP contribution is -2.29. The Hall–Kier alpha value is -3.09. The van der Waals surface area contributed by atoms with Crippen LogP contribution in [0, 0.1) is 0 Å². The Morgan fingerprint density at radius 1 is 1.07 bits per heavy atom. The van der Waals surface area contributed by atoms with Gasteiger partial charge in [-0.1, -0.05) is 29.8 Å². The van der Waals surface area contributed by atoms with Crippen LogP contribution < -0.4 is 9.80 Å². The van der Waals surface area contributed by atoms with Crippen LogP contribution in [0.2, 0.25) is 5.02 Å². The Bertz CT molecular complexity index is 1140. The van der Waals surface area contributed by atoms with Crippen molar-refractivity contribution in [3.63, 3.8) is 0 Å². The molecule has 1 saturated heterocycles. The molecule has 0 radical (unpaired) electrons. The first-order valence-electron chi connectivity index (χ1n) is 9.26. The van der Waals surface area contributed by atoms with E-state index in [4.69, 9.17) is 11.6 Å². The van der Waals surface area contributed by atoms with Gasteiger partial charge in [0.1, 0.15) is 11.8 Å². The van der Waals surface area contributed by atoms with Crippen molar-refractivity contribution in [3.05, 3.63) is 87.1 Å². The van der Waals surface area contributed by atoms with Crippen molar-refractivity contribution >= 4 is 51.8 Å². The maximum absolute atomic E-state index is 13.0. The fourth-order valence-electron chi connectivity index (χ4n) is 3.52. The number of anilines is 2.